The number of hydrogen-bond donors (Lipinski definition) is 1. The van der Waals surface area contributed by atoms with Crippen LogP contribution in [0, 0.1) is 41.6 Å². The van der Waals surface area contributed by atoms with Crippen LogP contribution in [0.15, 0.2) is 36.5 Å². The Kier molecular flexibility index (Phi) is 8.58. The smallest absolute Gasteiger partial charge is 0.303 e. The van der Waals surface area contributed by atoms with Crippen molar-refractivity contribution in [3.8, 4) is 17.6 Å². The molecule has 3 aromatic rings. The number of carbonyl (C=O) groups is 1. The highest BCUT2D eigenvalue weighted by molar-refractivity contribution is 5.84. The standard InChI is InChI=1S/C30H31F3N2O3/c1-20-19-34-27-8-7-22(38-2)17-24(27)23(20)6-3-9-30(18-28(36)37)10-13-35(14-11-30)12-4-5-21-15-25(31)29(33)26(32)16-21/h7-8,15-17,19H,3,6,9-14,18H2,1-2H3,(H,36,37). The maximum absolute atomic E-state index is 13.4. The lowest BCUT2D eigenvalue weighted by Gasteiger charge is -2.41. The Balaban J connectivity index is 1.39. The number of rotatable bonds is 8. The van der Waals surface area contributed by atoms with Crippen LogP contribution in [-0.4, -0.2) is 47.7 Å². The van der Waals surface area contributed by atoms with Crippen molar-refractivity contribution < 1.29 is 27.8 Å². The molecule has 1 aliphatic rings. The van der Waals surface area contributed by atoms with Gasteiger partial charge in [0.1, 0.15) is 5.75 Å². The second-order valence-electron chi connectivity index (χ2n) is 10.1. The van der Waals surface area contributed by atoms with Crippen LogP contribution < -0.4 is 4.74 Å². The summed E-state index contributed by atoms with van der Waals surface area (Å²) in [5.74, 6) is 1.53. The zero-order valence-electron chi connectivity index (χ0n) is 21.6. The largest absolute Gasteiger partial charge is 0.497 e. The lowest BCUT2D eigenvalue weighted by Crippen LogP contribution is -2.41. The molecule has 0 saturated carbocycles. The monoisotopic (exact) mass is 524 g/mol. The molecule has 0 atom stereocenters. The van der Waals surface area contributed by atoms with Crippen molar-refractivity contribution in [1.29, 1.82) is 0 Å². The highest BCUT2D eigenvalue weighted by Crippen LogP contribution is 2.40. The van der Waals surface area contributed by atoms with Crippen molar-refractivity contribution in [3.63, 3.8) is 0 Å². The molecule has 1 fully saturated rings. The van der Waals surface area contributed by atoms with Crippen LogP contribution in [0.25, 0.3) is 10.9 Å². The summed E-state index contributed by atoms with van der Waals surface area (Å²) in [4.78, 5) is 18.4. The first-order valence-corrected chi connectivity index (χ1v) is 12.7. The van der Waals surface area contributed by atoms with Crippen LogP contribution in [0.2, 0.25) is 0 Å². The van der Waals surface area contributed by atoms with Crippen LogP contribution in [-0.2, 0) is 11.2 Å². The van der Waals surface area contributed by atoms with E-state index in [2.05, 4.69) is 21.7 Å². The van der Waals surface area contributed by atoms with E-state index in [1.807, 2.05) is 31.3 Å². The Morgan fingerprint density at radius 2 is 1.87 bits per heavy atom. The summed E-state index contributed by atoms with van der Waals surface area (Å²) in [6.45, 7) is 3.79. The second-order valence-corrected chi connectivity index (χ2v) is 10.1. The molecule has 38 heavy (non-hydrogen) atoms. The topological polar surface area (TPSA) is 62.7 Å². The van der Waals surface area contributed by atoms with Crippen molar-refractivity contribution in [2.45, 2.75) is 45.4 Å². The molecule has 1 saturated heterocycles. The van der Waals surface area contributed by atoms with E-state index in [4.69, 9.17) is 4.74 Å². The summed E-state index contributed by atoms with van der Waals surface area (Å²) >= 11 is 0. The molecule has 8 heteroatoms. The van der Waals surface area contributed by atoms with Gasteiger partial charge in [0, 0.05) is 17.1 Å². The molecule has 2 aromatic carbocycles. The number of pyridine rings is 1. The maximum Gasteiger partial charge on any atom is 0.303 e. The number of likely N-dealkylation sites (tertiary alicyclic amines) is 1. The average Bonchev–Trinajstić information content (AvgIpc) is 2.89. The summed E-state index contributed by atoms with van der Waals surface area (Å²) in [5, 5.41) is 10.7. The van der Waals surface area contributed by atoms with E-state index in [0.717, 1.165) is 66.5 Å². The van der Waals surface area contributed by atoms with Crippen LogP contribution in [0.5, 0.6) is 5.75 Å². The molecule has 1 aliphatic heterocycles. The maximum atomic E-state index is 13.4. The average molecular weight is 525 g/mol. The zero-order chi connectivity index (χ0) is 27.3. The third-order valence-electron chi connectivity index (χ3n) is 7.50. The van der Waals surface area contributed by atoms with Gasteiger partial charge >= 0.3 is 5.97 Å². The van der Waals surface area contributed by atoms with Gasteiger partial charge in [0.25, 0.3) is 0 Å². The van der Waals surface area contributed by atoms with Gasteiger partial charge in [-0.3, -0.25) is 14.7 Å². The van der Waals surface area contributed by atoms with E-state index in [9.17, 15) is 23.1 Å². The predicted molar refractivity (Wildman–Crippen MR) is 140 cm³/mol. The number of halogens is 3. The van der Waals surface area contributed by atoms with Gasteiger partial charge in [0.05, 0.1) is 25.6 Å². The van der Waals surface area contributed by atoms with E-state index in [1.54, 1.807) is 7.11 Å². The molecule has 0 aliphatic carbocycles. The molecule has 4 rings (SSSR count). The molecule has 200 valence electrons. The van der Waals surface area contributed by atoms with E-state index in [0.29, 0.717) is 19.6 Å². The fourth-order valence-corrected chi connectivity index (χ4v) is 5.33. The van der Waals surface area contributed by atoms with Gasteiger partial charge in [-0.25, -0.2) is 13.2 Å². The number of carboxylic acids is 1. The van der Waals surface area contributed by atoms with Gasteiger partial charge in [0.15, 0.2) is 17.5 Å². The number of aliphatic carboxylic acids is 1. The van der Waals surface area contributed by atoms with Gasteiger partial charge < -0.3 is 9.84 Å². The highest BCUT2D eigenvalue weighted by Gasteiger charge is 2.36. The summed E-state index contributed by atoms with van der Waals surface area (Å²) in [5.41, 5.74) is 3.00. The van der Waals surface area contributed by atoms with Gasteiger partial charge in [0.2, 0.25) is 0 Å². The Bertz CT molecular complexity index is 1370. The molecule has 0 spiro atoms. The molecular formula is C30H31F3N2O3. The van der Waals surface area contributed by atoms with E-state index >= 15 is 0 Å². The Morgan fingerprint density at radius 1 is 1.16 bits per heavy atom. The summed E-state index contributed by atoms with van der Waals surface area (Å²) in [7, 11) is 1.64. The third-order valence-corrected chi connectivity index (χ3v) is 7.50. The van der Waals surface area contributed by atoms with Crippen molar-refractivity contribution in [2.24, 2.45) is 5.41 Å². The predicted octanol–water partition coefficient (Wildman–Crippen LogP) is 5.90. The minimum Gasteiger partial charge on any atom is -0.497 e. The lowest BCUT2D eigenvalue weighted by atomic mass is 9.72. The first kappa shape index (κ1) is 27.5. The summed E-state index contributed by atoms with van der Waals surface area (Å²) in [6, 6.07) is 7.61. The molecule has 5 nitrogen and oxygen atoms in total. The van der Waals surface area contributed by atoms with Gasteiger partial charge in [-0.1, -0.05) is 11.8 Å². The van der Waals surface area contributed by atoms with Crippen molar-refractivity contribution >= 4 is 16.9 Å². The van der Waals surface area contributed by atoms with Gasteiger partial charge in [-0.15, -0.1) is 0 Å². The number of carboxylic acid groups (broad SMARTS) is 1. The molecule has 2 heterocycles. The number of piperidine rings is 1. The number of fused-ring (bicyclic) bond motifs is 1. The Labute approximate surface area is 220 Å². The number of hydrogen-bond acceptors (Lipinski definition) is 4. The lowest BCUT2D eigenvalue weighted by molar-refractivity contribution is -0.140. The minimum absolute atomic E-state index is 0.0789. The molecule has 0 unspecified atom stereocenters. The number of nitrogens with zero attached hydrogens (tertiary/aromatic N) is 2. The normalized spacial score (nSPS) is 15.2. The number of benzene rings is 2. The second kappa shape index (κ2) is 11.9. The van der Waals surface area contributed by atoms with Gasteiger partial charge in [-0.05, 0) is 99.0 Å². The number of aryl methyl sites for hydroxylation is 2. The number of ether oxygens (including phenoxy) is 1. The quantitative estimate of drug-likeness (QED) is 0.294. The fourth-order valence-electron chi connectivity index (χ4n) is 5.33. The Hall–Kier alpha value is -3.57. The molecule has 1 N–H and O–H groups in total. The molecule has 0 bridgehead atoms. The highest BCUT2D eigenvalue weighted by atomic mass is 19.2. The van der Waals surface area contributed by atoms with Crippen molar-refractivity contribution in [2.75, 3.05) is 26.7 Å². The third kappa shape index (κ3) is 6.46. The first-order valence-electron chi connectivity index (χ1n) is 12.7. The Morgan fingerprint density at radius 3 is 2.53 bits per heavy atom. The molecular weight excluding hydrogens is 493 g/mol. The van der Waals surface area contributed by atoms with E-state index in [1.165, 1.54) is 5.56 Å². The molecule has 0 radical (unpaired) electrons. The zero-order valence-corrected chi connectivity index (χ0v) is 21.6. The van der Waals surface area contributed by atoms with Crippen LogP contribution in [0.1, 0.15) is 48.8 Å². The van der Waals surface area contributed by atoms with Crippen LogP contribution in [0.3, 0.4) is 0 Å². The number of methoxy groups -OCH3 is 1. The van der Waals surface area contributed by atoms with Crippen LogP contribution in [0.4, 0.5) is 13.2 Å². The number of aromatic nitrogens is 1. The van der Waals surface area contributed by atoms with Gasteiger partial charge in [-0.2, -0.15) is 0 Å². The van der Waals surface area contributed by atoms with Crippen molar-refractivity contribution in [3.05, 3.63) is 70.7 Å². The SMILES string of the molecule is COc1ccc2ncc(C)c(CCCC3(CC(=O)O)CCN(CC#Cc4cc(F)c(F)c(F)c4)CC3)c2c1. The first-order chi connectivity index (χ1) is 18.2. The van der Waals surface area contributed by atoms with Crippen molar-refractivity contribution in [1.82, 2.24) is 9.88 Å². The fraction of sp³-hybridized carbons (Fsp3) is 0.400. The summed E-state index contributed by atoms with van der Waals surface area (Å²) < 4.78 is 45.3. The molecule has 0 amide bonds. The minimum atomic E-state index is -1.51. The van der Waals surface area contributed by atoms with Crippen LogP contribution >= 0.6 is 0 Å². The van der Waals surface area contributed by atoms with E-state index in [-0.39, 0.29) is 17.4 Å². The van der Waals surface area contributed by atoms with E-state index < -0.39 is 23.4 Å². The summed E-state index contributed by atoms with van der Waals surface area (Å²) in [6.07, 6.45) is 5.91. The molecule has 1 aromatic heterocycles.